The average Bonchev–Trinajstić information content (AvgIpc) is 2.98. The third-order valence-electron chi connectivity index (χ3n) is 7.42. The highest BCUT2D eigenvalue weighted by Gasteiger charge is 2.24. The molecule has 212 valence electrons. The van der Waals surface area contributed by atoms with E-state index >= 15 is 0 Å². The molecule has 0 unspecified atom stereocenters. The predicted octanol–water partition coefficient (Wildman–Crippen LogP) is 5.05. The third-order valence-corrected chi connectivity index (χ3v) is 8.81. The fourth-order valence-electron chi connectivity index (χ4n) is 5.26. The highest BCUT2D eigenvalue weighted by Crippen LogP contribution is 2.30. The Kier molecular flexibility index (Phi) is 8.37. The minimum Gasteiger partial charge on any atom is -0.369 e. The van der Waals surface area contributed by atoms with E-state index in [-0.39, 0.29) is 16.4 Å². The molecule has 1 aliphatic heterocycles. The summed E-state index contributed by atoms with van der Waals surface area (Å²) in [6, 6.07) is 24.2. The summed E-state index contributed by atoms with van der Waals surface area (Å²) in [7, 11) is -4.22. The number of hydrogen-bond donors (Lipinski definition) is 2. The van der Waals surface area contributed by atoms with E-state index in [1.165, 1.54) is 6.07 Å². The van der Waals surface area contributed by atoms with Crippen molar-refractivity contribution in [2.45, 2.75) is 25.2 Å². The Morgan fingerprint density at radius 3 is 2.24 bits per heavy atom. The first-order chi connectivity index (χ1) is 19.8. The van der Waals surface area contributed by atoms with Crippen molar-refractivity contribution in [3.63, 3.8) is 0 Å². The average molecular weight is 571 g/mol. The van der Waals surface area contributed by atoms with Gasteiger partial charge in [-0.05, 0) is 61.9 Å². The van der Waals surface area contributed by atoms with Gasteiger partial charge < -0.3 is 10.2 Å². The Morgan fingerprint density at radius 1 is 0.805 bits per heavy atom. The molecule has 1 heterocycles. The molecule has 0 saturated carbocycles. The molecular formula is C32H34N4O4S. The van der Waals surface area contributed by atoms with E-state index in [4.69, 9.17) is 0 Å². The van der Waals surface area contributed by atoms with Gasteiger partial charge in [-0.15, -0.1) is 0 Å². The predicted molar refractivity (Wildman–Crippen MR) is 163 cm³/mol. The molecule has 8 nitrogen and oxygen atoms in total. The number of sulfonamides is 1. The summed E-state index contributed by atoms with van der Waals surface area (Å²) in [6.45, 7) is 8.70. The zero-order valence-corrected chi connectivity index (χ0v) is 24.1. The molecule has 1 fully saturated rings. The number of aryl methyl sites for hydroxylation is 1. The summed E-state index contributed by atoms with van der Waals surface area (Å²) < 4.78 is 29.2. The molecule has 2 amide bonds. The van der Waals surface area contributed by atoms with Gasteiger partial charge in [0.05, 0.1) is 4.90 Å². The summed E-state index contributed by atoms with van der Waals surface area (Å²) in [5, 5.41) is 3.85. The van der Waals surface area contributed by atoms with Crippen LogP contribution in [0.25, 0.3) is 10.8 Å². The van der Waals surface area contributed by atoms with Crippen molar-refractivity contribution < 1.29 is 18.0 Å². The summed E-state index contributed by atoms with van der Waals surface area (Å²) in [6.07, 6.45) is 1.12. The van der Waals surface area contributed by atoms with Gasteiger partial charge in [0.1, 0.15) is 0 Å². The van der Waals surface area contributed by atoms with Gasteiger partial charge in [-0.25, -0.2) is 13.1 Å². The van der Waals surface area contributed by atoms with Crippen molar-refractivity contribution in [3.8, 4) is 0 Å². The third kappa shape index (κ3) is 6.26. The smallest absolute Gasteiger partial charge is 0.265 e. The Labute approximate surface area is 241 Å². The van der Waals surface area contributed by atoms with Crippen LogP contribution in [0.2, 0.25) is 0 Å². The van der Waals surface area contributed by atoms with Crippen molar-refractivity contribution in [1.82, 2.24) is 9.62 Å². The second-order valence-corrected chi connectivity index (χ2v) is 11.9. The van der Waals surface area contributed by atoms with Crippen LogP contribution in [0.1, 0.15) is 39.6 Å². The van der Waals surface area contributed by atoms with Crippen molar-refractivity contribution in [1.29, 1.82) is 0 Å². The monoisotopic (exact) mass is 570 g/mol. The molecule has 1 aliphatic rings. The molecule has 0 aliphatic carbocycles. The summed E-state index contributed by atoms with van der Waals surface area (Å²) in [4.78, 5) is 30.7. The molecule has 4 aromatic rings. The first kappa shape index (κ1) is 28.3. The lowest BCUT2D eigenvalue weighted by Gasteiger charge is -2.36. The van der Waals surface area contributed by atoms with Crippen molar-refractivity contribution in [2.24, 2.45) is 0 Å². The van der Waals surface area contributed by atoms with Crippen LogP contribution in [-0.4, -0.2) is 57.9 Å². The fraction of sp³-hybridized carbons (Fsp3) is 0.250. The number of nitrogens with one attached hydrogen (secondary N) is 2. The Morgan fingerprint density at radius 2 is 1.51 bits per heavy atom. The van der Waals surface area contributed by atoms with E-state index in [1.54, 1.807) is 60.7 Å². The summed E-state index contributed by atoms with van der Waals surface area (Å²) >= 11 is 0. The quantitative estimate of drug-likeness (QED) is 0.308. The molecule has 4 aromatic carbocycles. The molecule has 41 heavy (non-hydrogen) atoms. The molecule has 5 rings (SSSR count). The van der Waals surface area contributed by atoms with Gasteiger partial charge in [0.2, 0.25) is 0 Å². The van der Waals surface area contributed by atoms with Crippen molar-refractivity contribution in [3.05, 3.63) is 102 Å². The molecule has 0 spiro atoms. The molecule has 0 aromatic heterocycles. The number of nitrogens with zero attached hydrogens (tertiary/aromatic N) is 2. The van der Waals surface area contributed by atoms with Gasteiger partial charge in [0.25, 0.3) is 21.8 Å². The molecule has 0 radical (unpaired) electrons. The van der Waals surface area contributed by atoms with Crippen molar-refractivity contribution >= 4 is 44.0 Å². The van der Waals surface area contributed by atoms with E-state index in [0.29, 0.717) is 22.0 Å². The second kappa shape index (κ2) is 12.1. The molecule has 0 atom stereocenters. The van der Waals surface area contributed by atoms with E-state index in [1.807, 2.05) is 25.1 Å². The van der Waals surface area contributed by atoms with Crippen LogP contribution < -0.4 is 14.9 Å². The van der Waals surface area contributed by atoms with Gasteiger partial charge in [-0.2, -0.15) is 0 Å². The van der Waals surface area contributed by atoms with E-state index in [9.17, 15) is 18.0 Å². The zero-order chi connectivity index (χ0) is 29.0. The van der Waals surface area contributed by atoms with E-state index < -0.39 is 15.9 Å². The highest BCUT2D eigenvalue weighted by molar-refractivity contribution is 7.90. The fourth-order valence-corrected chi connectivity index (χ4v) is 6.44. The van der Waals surface area contributed by atoms with Crippen LogP contribution >= 0.6 is 0 Å². The minimum absolute atomic E-state index is 0.0430. The van der Waals surface area contributed by atoms with Crippen LogP contribution in [0.15, 0.2) is 89.8 Å². The number of carbonyl (C=O) groups is 2. The molecular weight excluding hydrogens is 536 g/mol. The van der Waals surface area contributed by atoms with Crippen LogP contribution in [-0.2, 0) is 10.0 Å². The van der Waals surface area contributed by atoms with Crippen molar-refractivity contribution in [2.75, 3.05) is 42.9 Å². The maximum atomic E-state index is 13.5. The first-order valence-electron chi connectivity index (χ1n) is 13.8. The van der Waals surface area contributed by atoms with Gasteiger partial charge >= 0.3 is 0 Å². The largest absolute Gasteiger partial charge is 0.369 e. The number of benzene rings is 4. The lowest BCUT2D eigenvalue weighted by molar-refractivity contribution is 0.0979. The van der Waals surface area contributed by atoms with Gasteiger partial charge in [0, 0.05) is 59.5 Å². The number of hydrogen-bond acceptors (Lipinski definition) is 6. The Bertz CT molecular complexity index is 1700. The van der Waals surface area contributed by atoms with Crippen LogP contribution in [0.3, 0.4) is 0 Å². The lowest BCUT2D eigenvalue weighted by Crippen LogP contribution is -2.46. The number of anilines is 2. The normalized spacial score (nSPS) is 14.1. The molecule has 1 saturated heterocycles. The van der Waals surface area contributed by atoms with E-state index in [2.05, 4.69) is 26.8 Å². The number of fused-ring (bicyclic) bond motifs is 1. The van der Waals surface area contributed by atoms with Gasteiger partial charge in [0.15, 0.2) is 0 Å². The second-order valence-electron chi connectivity index (χ2n) is 10.2. The maximum Gasteiger partial charge on any atom is 0.265 e. The standard InChI is InChI=1S/C32H34N4O4S/c1-3-17-35-18-20-36(21-19-35)25-11-8-10-24(22-25)31(37)34-41(39,40)30-16-15-29(27-13-6-7-14-28(27)30)33-32(38)26-12-5-4-9-23(26)2/h4-16,22H,3,17-21H2,1-2H3,(H,33,38)(H,34,37). The van der Waals surface area contributed by atoms with Gasteiger partial charge in [-0.3, -0.25) is 14.5 Å². The lowest BCUT2D eigenvalue weighted by atomic mass is 10.1. The summed E-state index contributed by atoms with van der Waals surface area (Å²) in [5.74, 6) is -0.985. The van der Waals surface area contributed by atoms with E-state index in [0.717, 1.165) is 50.4 Å². The number of amides is 2. The molecule has 0 bridgehead atoms. The maximum absolute atomic E-state index is 13.5. The first-order valence-corrected chi connectivity index (χ1v) is 15.3. The molecule has 2 N–H and O–H groups in total. The number of carbonyl (C=O) groups excluding carboxylic acids is 2. The minimum atomic E-state index is -4.22. The Hall–Kier alpha value is -4.21. The summed E-state index contributed by atoms with van der Waals surface area (Å²) in [5.41, 5.74) is 3.01. The molecule has 9 heteroatoms. The number of rotatable bonds is 8. The zero-order valence-electron chi connectivity index (χ0n) is 23.3. The van der Waals surface area contributed by atoms with Gasteiger partial charge in [-0.1, -0.05) is 55.5 Å². The SMILES string of the molecule is CCCN1CCN(c2cccc(C(=O)NS(=O)(=O)c3ccc(NC(=O)c4ccccc4C)c4ccccc34)c2)CC1. The van der Waals surface area contributed by atoms with Crippen LogP contribution in [0, 0.1) is 6.92 Å². The Balaban J connectivity index is 1.36. The highest BCUT2D eigenvalue weighted by atomic mass is 32.2. The van der Waals surface area contributed by atoms with Crippen LogP contribution in [0.5, 0.6) is 0 Å². The topological polar surface area (TPSA) is 98.8 Å². The van der Waals surface area contributed by atoms with Crippen LogP contribution in [0.4, 0.5) is 11.4 Å². The number of piperazine rings is 1.